The molecule has 0 saturated heterocycles. The third kappa shape index (κ3) is 7.93. The van der Waals surface area contributed by atoms with E-state index in [9.17, 15) is 4.79 Å². The van der Waals surface area contributed by atoms with Crippen molar-refractivity contribution in [3.8, 4) is 5.75 Å². The summed E-state index contributed by atoms with van der Waals surface area (Å²) in [7, 11) is 1.96. The molecule has 1 amide bonds. The second kappa shape index (κ2) is 12.5. The van der Waals surface area contributed by atoms with Gasteiger partial charge in [-0.15, -0.1) is 24.0 Å². The van der Waals surface area contributed by atoms with Gasteiger partial charge in [-0.1, -0.05) is 23.7 Å². The molecule has 0 bridgehead atoms. The number of halogens is 2. The van der Waals surface area contributed by atoms with Crippen LogP contribution in [0.25, 0.3) is 0 Å². The van der Waals surface area contributed by atoms with Crippen LogP contribution in [0, 0.1) is 0 Å². The number of guanidine groups is 1. The summed E-state index contributed by atoms with van der Waals surface area (Å²) in [5.74, 6) is 1.14. The molecule has 3 N–H and O–H groups in total. The molecule has 0 aliphatic rings. The number of nitrogens with two attached hydrogens (primary N) is 1. The Bertz CT molecular complexity index is 767. The van der Waals surface area contributed by atoms with Crippen molar-refractivity contribution in [1.82, 2.24) is 10.2 Å². The predicted molar refractivity (Wildman–Crippen MR) is 125 cm³/mol. The first-order chi connectivity index (χ1) is 13.0. The lowest BCUT2D eigenvalue weighted by atomic mass is 10.1. The van der Waals surface area contributed by atoms with Gasteiger partial charge >= 0.3 is 0 Å². The highest BCUT2D eigenvalue weighted by Gasteiger charge is 2.06. The van der Waals surface area contributed by atoms with Crippen LogP contribution in [0.4, 0.5) is 0 Å². The number of nitrogens with one attached hydrogen (secondary N) is 1. The maximum absolute atomic E-state index is 11.1. The summed E-state index contributed by atoms with van der Waals surface area (Å²) in [4.78, 5) is 17.8. The number of ether oxygens (including phenoxy) is 1. The quantitative estimate of drug-likeness (QED) is 0.320. The standard InChI is InChI=1S/C20H25ClN4O2.HI/c1-3-23-20(24-14-15-4-6-16(7-5-15)19(22)26)25(2)12-13-27-18-10-8-17(21)9-11-18;/h4-11H,3,12-14H2,1-2H3,(H2,22,26)(H,23,24);1H. The summed E-state index contributed by atoms with van der Waals surface area (Å²) in [5, 5.41) is 3.95. The fourth-order valence-electron chi connectivity index (χ4n) is 2.35. The monoisotopic (exact) mass is 516 g/mol. The number of amides is 1. The number of nitrogens with zero attached hydrogens (tertiary/aromatic N) is 2. The Morgan fingerprint density at radius 1 is 1.18 bits per heavy atom. The van der Waals surface area contributed by atoms with Crippen molar-refractivity contribution in [3.63, 3.8) is 0 Å². The zero-order valence-corrected chi connectivity index (χ0v) is 19.1. The number of carbonyl (C=O) groups is 1. The first kappa shape index (κ1) is 24.0. The van der Waals surface area contributed by atoms with Gasteiger partial charge in [0, 0.05) is 24.2 Å². The van der Waals surface area contributed by atoms with E-state index in [4.69, 9.17) is 22.1 Å². The molecule has 8 heteroatoms. The molecule has 0 atom stereocenters. The van der Waals surface area contributed by atoms with Crippen molar-refractivity contribution in [2.75, 3.05) is 26.7 Å². The molecule has 0 heterocycles. The second-order valence-electron chi connectivity index (χ2n) is 5.96. The van der Waals surface area contributed by atoms with E-state index >= 15 is 0 Å². The van der Waals surface area contributed by atoms with Gasteiger partial charge in [0.15, 0.2) is 5.96 Å². The van der Waals surface area contributed by atoms with Gasteiger partial charge in [0.2, 0.25) is 5.91 Å². The smallest absolute Gasteiger partial charge is 0.248 e. The minimum atomic E-state index is -0.432. The molecule has 2 aromatic carbocycles. The Balaban J connectivity index is 0.00000392. The van der Waals surface area contributed by atoms with Crippen LogP contribution in [0.15, 0.2) is 53.5 Å². The topological polar surface area (TPSA) is 79.9 Å². The average molecular weight is 517 g/mol. The fourth-order valence-corrected chi connectivity index (χ4v) is 2.47. The molecule has 0 aliphatic heterocycles. The Kier molecular flexibility index (Phi) is 10.7. The number of primary amides is 1. The van der Waals surface area contributed by atoms with Gasteiger partial charge in [-0.25, -0.2) is 4.99 Å². The highest BCUT2D eigenvalue weighted by molar-refractivity contribution is 14.0. The lowest BCUT2D eigenvalue weighted by molar-refractivity contribution is 0.100. The highest BCUT2D eigenvalue weighted by Crippen LogP contribution is 2.15. The molecule has 0 aromatic heterocycles. The summed E-state index contributed by atoms with van der Waals surface area (Å²) in [6.45, 7) is 4.49. The van der Waals surface area contributed by atoms with Crippen LogP contribution in [0.3, 0.4) is 0 Å². The second-order valence-corrected chi connectivity index (χ2v) is 6.39. The zero-order chi connectivity index (χ0) is 19.6. The molecule has 0 unspecified atom stereocenters. The molecule has 0 saturated carbocycles. The Labute approximate surface area is 188 Å². The van der Waals surface area contributed by atoms with Gasteiger partial charge < -0.3 is 20.7 Å². The summed E-state index contributed by atoms with van der Waals surface area (Å²) in [6.07, 6.45) is 0. The molecule has 6 nitrogen and oxygen atoms in total. The third-order valence-electron chi connectivity index (χ3n) is 3.86. The number of benzene rings is 2. The Morgan fingerprint density at radius 2 is 1.82 bits per heavy atom. The van der Waals surface area contributed by atoms with Crippen molar-refractivity contribution in [3.05, 3.63) is 64.7 Å². The van der Waals surface area contributed by atoms with E-state index < -0.39 is 5.91 Å². The van der Waals surface area contributed by atoms with Gasteiger partial charge in [-0.2, -0.15) is 0 Å². The molecule has 0 radical (unpaired) electrons. The number of likely N-dealkylation sites (N-methyl/N-ethyl adjacent to an activating group) is 1. The number of aliphatic imine (C=N–C) groups is 1. The minimum Gasteiger partial charge on any atom is -0.492 e. The summed E-state index contributed by atoms with van der Waals surface area (Å²) in [5.41, 5.74) is 6.75. The number of hydrogen-bond donors (Lipinski definition) is 2. The van der Waals surface area contributed by atoms with Crippen LogP contribution in [-0.2, 0) is 6.54 Å². The molecule has 2 rings (SSSR count). The zero-order valence-electron chi connectivity index (χ0n) is 16.0. The van der Waals surface area contributed by atoms with Crippen molar-refractivity contribution in [2.45, 2.75) is 13.5 Å². The van der Waals surface area contributed by atoms with Crippen molar-refractivity contribution in [2.24, 2.45) is 10.7 Å². The SMILES string of the molecule is CCNC(=NCc1ccc(C(N)=O)cc1)N(C)CCOc1ccc(Cl)cc1.I. The van der Waals surface area contributed by atoms with Crippen LogP contribution in [0.1, 0.15) is 22.8 Å². The molecule has 0 aliphatic carbocycles. The van der Waals surface area contributed by atoms with Gasteiger partial charge in [-0.3, -0.25) is 4.79 Å². The summed E-state index contributed by atoms with van der Waals surface area (Å²) >= 11 is 5.87. The van der Waals surface area contributed by atoms with Crippen molar-refractivity contribution in [1.29, 1.82) is 0 Å². The van der Waals surface area contributed by atoms with Crippen LogP contribution in [0.2, 0.25) is 5.02 Å². The van der Waals surface area contributed by atoms with E-state index in [2.05, 4.69) is 10.3 Å². The molecule has 28 heavy (non-hydrogen) atoms. The fraction of sp³-hybridized carbons (Fsp3) is 0.300. The van der Waals surface area contributed by atoms with Crippen LogP contribution < -0.4 is 15.8 Å². The summed E-state index contributed by atoms with van der Waals surface area (Å²) < 4.78 is 5.73. The van der Waals surface area contributed by atoms with E-state index in [-0.39, 0.29) is 24.0 Å². The number of rotatable bonds is 8. The largest absolute Gasteiger partial charge is 0.492 e. The Hall–Kier alpha value is -2.00. The van der Waals surface area contributed by atoms with E-state index in [1.165, 1.54) is 0 Å². The molecule has 0 fully saturated rings. The van der Waals surface area contributed by atoms with E-state index in [0.717, 1.165) is 23.8 Å². The predicted octanol–water partition coefficient (Wildman–Crippen LogP) is 3.53. The minimum absolute atomic E-state index is 0. The van der Waals surface area contributed by atoms with Crippen molar-refractivity contribution >= 4 is 47.4 Å². The molecule has 152 valence electrons. The molecular formula is C20H26ClIN4O2. The van der Waals surface area contributed by atoms with Crippen molar-refractivity contribution < 1.29 is 9.53 Å². The molecule has 2 aromatic rings. The van der Waals surface area contributed by atoms with Gasteiger partial charge in [0.05, 0.1) is 13.1 Å². The first-order valence-electron chi connectivity index (χ1n) is 8.76. The maximum Gasteiger partial charge on any atom is 0.248 e. The van der Waals surface area contributed by atoms with Gasteiger partial charge in [0.25, 0.3) is 0 Å². The first-order valence-corrected chi connectivity index (χ1v) is 9.14. The van der Waals surface area contributed by atoms with Crippen LogP contribution in [0.5, 0.6) is 5.75 Å². The Morgan fingerprint density at radius 3 is 2.39 bits per heavy atom. The molecular weight excluding hydrogens is 491 g/mol. The lowest BCUT2D eigenvalue weighted by Crippen LogP contribution is -2.40. The number of hydrogen-bond acceptors (Lipinski definition) is 3. The lowest BCUT2D eigenvalue weighted by Gasteiger charge is -2.22. The van der Waals surface area contributed by atoms with Crippen LogP contribution in [-0.4, -0.2) is 43.5 Å². The average Bonchev–Trinajstić information content (AvgIpc) is 2.67. The van der Waals surface area contributed by atoms with E-state index in [1.807, 2.05) is 43.1 Å². The van der Waals surface area contributed by atoms with E-state index in [1.54, 1.807) is 24.3 Å². The van der Waals surface area contributed by atoms with Gasteiger partial charge in [-0.05, 0) is 48.9 Å². The maximum atomic E-state index is 11.1. The summed E-state index contributed by atoms with van der Waals surface area (Å²) in [6, 6.07) is 14.4. The molecule has 0 spiro atoms. The normalized spacial score (nSPS) is 10.8. The number of carbonyl (C=O) groups excluding carboxylic acids is 1. The third-order valence-corrected chi connectivity index (χ3v) is 4.11. The van der Waals surface area contributed by atoms with Gasteiger partial charge in [0.1, 0.15) is 12.4 Å². The van der Waals surface area contributed by atoms with Crippen LogP contribution >= 0.6 is 35.6 Å². The highest BCUT2D eigenvalue weighted by atomic mass is 127. The van der Waals surface area contributed by atoms with E-state index in [0.29, 0.717) is 30.3 Å².